The van der Waals surface area contributed by atoms with Crippen LogP contribution in [0.4, 0.5) is 4.39 Å². The van der Waals surface area contributed by atoms with Crippen LogP contribution in [0.5, 0.6) is 0 Å². The van der Waals surface area contributed by atoms with Crippen LogP contribution in [0, 0.1) is 5.82 Å². The first-order valence-electron chi connectivity index (χ1n) is 5.85. The van der Waals surface area contributed by atoms with Gasteiger partial charge in [-0.25, -0.2) is 9.37 Å². The number of nitrogens with one attached hydrogen (secondary N) is 1. The zero-order chi connectivity index (χ0) is 13.0. The van der Waals surface area contributed by atoms with Gasteiger partial charge in [-0.2, -0.15) is 0 Å². The molecular weight excluding hydrogens is 249 g/mol. The molecule has 1 N–H and O–H groups in total. The van der Waals surface area contributed by atoms with Gasteiger partial charge in [-0.1, -0.05) is 19.1 Å². The Morgan fingerprint density at radius 1 is 1.44 bits per heavy atom. The average Bonchev–Trinajstić information content (AvgIpc) is 2.76. The minimum atomic E-state index is -0.196. The summed E-state index contributed by atoms with van der Waals surface area (Å²) in [5.41, 5.74) is 0.963. The van der Waals surface area contributed by atoms with Crippen LogP contribution in [-0.2, 0) is 13.6 Å². The minimum absolute atomic E-state index is 0.196. The highest BCUT2D eigenvalue weighted by molar-refractivity contribution is 7.99. The Balaban J connectivity index is 2.28. The number of hydrogen-bond donors (Lipinski definition) is 1. The van der Waals surface area contributed by atoms with Gasteiger partial charge in [-0.05, 0) is 29.9 Å². The van der Waals surface area contributed by atoms with Crippen molar-refractivity contribution in [2.24, 2.45) is 7.05 Å². The predicted molar refractivity (Wildman–Crippen MR) is 71.1 cm³/mol. The SMILES string of the molecule is CCNCc1cccc(F)c1Sc1nccn1C. The molecule has 0 radical (unpaired) electrons. The first kappa shape index (κ1) is 13.1. The summed E-state index contributed by atoms with van der Waals surface area (Å²) in [6.45, 7) is 3.56. The fourth-order valence-electron chi connectivity index (χ4n) is 1.61. The quantitative estimate of drug-likeness (QED) is 0.901. The highest BCUT2D eigenvalue weighted by Gasteiger charge is 2.12. The molecule has 0 bridgehead atoms. The molecule has 3 nitrogen and oxygen atoms in total. The largest absolute Gasteiger partial charge is 0.329 e. The number of halogens is 1. The smallest absolute Gasteiger partial charge is 0.172 e. The van der Waals surface area contributed by atoms with Crippen LogP contribution in [-0.4, -0.2) is 16.1 Å². The Morgan fingerprint density at radius 3 is 2.94 bits per heavy atom. The summed E-state index contributed by atoms with van der Waals surface area (Å²) in [6.07, 6.45) is 3.57. The maximum atomic E-state index is 13.9. The zero-order valence-electron chi connectivity index (χ0n) is 10.5. The van der Waals surface area contributed by atoms with E-state index >= 15 is 0 Å². The summed E-state index contributed by atoms with van der Waals surface area (Å²) in [5.74, 6) is -0.196. The fraction of sp³-hybridized carbons (Fsp3) is 0.308. The van der Waals surface area contributed by atoms with Gasteiger partial charge >= 0.3 is 0 Å². The maximum absolute atomic E-state index is 13.9. The molecular formula is C13H16FN3S. The van der Waals surface area contributed by atoms with E-state index in [1.54, 1.807) is 12.3 Å². The summed E-state index contributed by atoms with van der Waals surface area (Å²) in [6, 6.07) is 5.17. The summed E-state index contributed by atoms with van der Waals surface area (Å²) >= 11 is 1.36. The number of aromatic nitrogens is 2. The van der Waals surface area contributed by atoms with E-state index in [1.807, 2.05) is 30.8 Å². The van der Waals surface area contributed by atoms with Gasteiger partial charge in [-0.3, -0.25) is 0 Å². The van der Waals surface area contributed by atoms with Gasteiger partial charge in [0.15, 0.2) is 5.16 Å². The average molecular weight is 265 g/mol. The standard InChI is InChI=1S/C13H16FN3S/c1-3-15-9-10-5-4-6-11(14)12(10)18-13-16-7-8-17(13)2/h4-8,15H,3,9H2,1-2H3. The van der Waals surface area contributed by atoms with Crippen molar-refractivity contribution < 1.29 is 4.39 Å². The van der Waals surface area contributed by atoms with Crippen LogP contribution in [0.15, 0.2) is 40.6 Å². The molecule has 1 aromatic carbocycles. The lowest BCUT2D eigenvalue weighted by atomic mass is 10.2. The van der Waals surface area contributed by atoms with E-state index < -0.39 is 0 Å². The fourth-order valence-corrected chi connectivity index (χ4v) is 2.55. The highest BCUT2D eigenvalue weighted by atomic mass is 32.2. The molecule has 0 amide bonds. The second-order valence-corrected chi connectivity index (χ2v) is 4.91. The number of hydrogen-bond acceptors (Lipinski definition) is 3. The monoisotopic (exact) mass is 265 g/mol. The second kappa shape index (κ2) is 6.02. The third-order valence-electron chi connectivity index (χ3n) is 2.58. The molecule has 0 fully saturated rings. The van der Waals surface area contributed by atoms with E-state index in [9.17, 15) is 4.39 Å². The third-order valence-corrected chi connectivity index (χ3v) is 3.82. The second-order valence-electron chi connectivity index (χ2n) is 3.93. The van der Waals surface area contributed by atoms with Crippen LogP contribution >= 0.6 is 11.8 Å². The molecule has 0 spiro atoms. The number of aryl methyl sites for hydroxylation is 1. The molecule has 5 heteroatoms. The highest BCUT2D eigenvalue weighted by Crippen LogP contribution is 2.31. The minimum Gasteiger partial charge on any atom is -0.329 e. The molecule has 0 saturated carbocycles. The van der Waals surface area contributed by atoms with Crippen LogP contribution in [0.1, 0.15) is 12.5 Å². The van der Waals surface area contributed by atoms with E-state index in [0.29, 0.717) is 11.4 Å². The first-order chi connectivity index (χ1) is 8.72. The van der Waals surface area contributed by atoms with Crippen molar-refractivity contribution in [1.29, 1.82) is 0 Å². The molecule has 0 saturated heterocycles. The molecule has 0 atom stereocenters. The molecule has 1 aromatic heterocycles. The van der Waals surface area contributed by atoms with Crippen LogP contribution < -0.4 is 5.32 Å². The number of benzene rings is 1. The number of nitrogens with zero attached hydrogens (tertiary/aromatic N) is 2. The molecule has 0 aliphatic rings. The Morgan fingerprint density at radius 2 is 2.28 bits per heavy atom. The summed E-state index contributed by atoms with van der Waals surface area (Å²) in [7, 11) is 1.90. The normalized spacial score (nSPS) is 10.8. The Kier molecular flexibility index (Phi) is 4.38. The summed E-state index contributed by atoms with van der Waals surface area (Å²) < 4.78 is 15.8. The summed E-state index contributed by atoms with van der Waals surface area (Å²) in [4.78, 5) is 4.86. The van der Waals surface area contributed by atoms with E-state index in [4.69, 9.17) is 0 Å². The van der Waals surface area contributed by atoms with E-state index in [-0.39, 0.29) is 5.82 Å². The molecule has 1 heterocycles. The van der Waals surface area contributed by atoms with E-state index in [0.717, 1.165) is 17.3 Å². The third kappa shape index (κ3) is 2.91. The van der Waals surface area contributed by atoms with Gasteiger partial charge < -0.3 is 9.88 Å². The molecule has 2 aromatic rings. The van der Waals surface area contributed by atoms with Gasteiger partial charge in [0.05, 0.1) is 4.90 Å². The zero-order valence-corrected chi connectivity index (χ0v) is 11.3. The molecule has 0 aliphatic carbocycles. The van der Waals surface area contributed by atoms with Crippen molar-refractivity contribution in [2.45, 2.75) is 23.5 Å². The predicted octanol–water partition coefficient (Wildman–Crippen LogP) is 2.82. The van der Waals surface area contributed by atoms with Gasteiger partial charge in [0.1, 0.15) is 5.82 Å². The lowest BCUT2D eigenvalue weighted by molar-refractivity contribution is 0.591. The Bertz CT molecular complexity index is 525. The molecule has 0 aliphatic heterocycles. The van der Waals surface area contributed by atoms with Gasteiger partial charge in [0.2, 0.25) is 0 Å². The first-order valence-corrected chi connectivity index (χ1v) is 6.67. The van der Waals surface area contributed by atoms with E-state index in [1.165, 1.54) is 17.8 Å². The Hall–Kier alpha value is -1.33. The topological polar surface area (TPSA) is 29.9 Å². The van der Waals surface area contributed by atoms with E-state index in [2.05, 4.69) is 10.3 Å². The van der Waals surface area contributed by atoms with Crippen LogP contribution in [0.2, 0.25) is 0 Å². The van der Waals surface area contributed by atoms with Gasteiger partial charge in [0, 0.05) is 26.0 Å². The number of rotatable bonds is 5. The van der Waals surface area contributed by atoms with Gasteiger partial charge in [0.25, 0.3) is 0 Å². The van der Waals surface area contributed by atoms with Crippen molar-refractivity contribution in [3.05, 3.63) is 42.0 Å². The van der Waals surface area contributed by atoms with Crippen molar-refractivity contribution in [2.75, 3.05) is 6.54 Å². The molecule has 2 rings (SSSR count). The van der Waals surface area contributed by atoms with Gasteiger partial charge in [-0.15, -0.1) is 0 Å². The summed E-state index contributed by atoms with van der Waals surface area (Å²) in [5, 5.41) is 4.01. The molecule has 96 valence electrons. The Labute approximate surface area is 110 Å². The van der Waals surface area contributed by atoms with Crippen molar-refractivity contribution in [3.63, 3.8) is 0 Å². The number of imidazole rings is 1. The van der Waals surface area contributed by atoms with Crippen molar-refractivity contribution in [1.82, 2.24) is 14.9 Å². The van der Waals surface area contributed by atoms with Crippen molar-refractivity contribution in [3.8, 4) is 0 Å². The maximum Gasteiger partial charge on any atom is 0.172 e. The van der Waals surface area contributed by atoms with Crippen LogP contribution in [0.3, 0.4) is 0 Å². The lowest BCUT2D eigenvalue weighted by Gasteiger charge is -2.10. The molecule has 18 heavy (non-hydrogen) atoms. The molecule has 0 unspecified atom stereocenters. The van der Waals surface area contributed by atoms with Crippen molar-refractivity contribution >= 4 is 11.8 Å². The lowest BCUT2D eigenvalue weighted by Crippen LogP contribution is -2.12. The van der Waals surface area contributed by atoms with Crippen LogP contribution in [0.25, 0.3) is 0 Å².